The predicted molar refractivity (Wildman–Crippen MR) is 72.8 cm³/mol. The number of phenolic OH excluding ortho intramolecular Hbond substituents is 1. The van der Waals surface area contributed by atoms with Gasteiger partial charge in [0.2, 0.25) is 11.6 Å². The van der Waals surface area contributed by atoms with Gasteiger partial charge in [0.25, 0.3) is 0 Å². The van der Waals surface area contributed by atoms with Gasteiger partial charge in [0.1, 0.15) is 11.5 Å². The van der Waals surface area contributed by atoms with Gasteiger partial charge in [-0.1, -0.05) is 5.76 Å². The number of ether oxygens (including phenoxy) is 2. The van der Waals surface area contributed by atoms with E-state index in [1.807, 2.05) is 0 Å². The molecular formula is C15H13O7-. The number of benzene rings is 1. The van der Waals surface area contributed by atoms with Crippen LogP contribution < -0.4 is 14.6 Å². The smallest absolute Gasteiger partial charge is 0.237 e. The van der Waals surface area contributed by atoms with Gasteiger partial charge in [-0.05, 0) is 6.92 Å². The Morgan fingerprint density at radius 3 is 2.23 bits per heavy atom. The Bertz CT molecular complexity index is 728. The van der Waals surface area contributed by atoms with E-state index in [0.717, 1.165) is 0 Å². The monoisotopic (exact) mass is 305 g/mol. The van der Waals surface area contributed by atoms with E-state index in [2.05, 4.69) is 0 Å². The second-order valence-corrected chi connectivity index (χ2v) is 4.72. The van der Waals surface area contributed by atoms with Crippen molar-refractivity contribution >= 4 is 23.1 Å². The number of allylic oxidation sites excluding steroid dienone is 1. The summed E-state index contributed by atoms with van der Waals surface area (Å²) in [5.41, 5.74) is -1.16. The molecule has 1 N–H and O–H groups in total. The van der Waals surface area contributed by atoms with E-state index in [1.165, 1.54) is 27.2 Å². The zero-order valence-corrected chi connectivity index (χ0v) is 12.2. The Balaban J connectivity index is 2.86. The first kappa shape index (κ1) is 15.6. The number of aromatic hydroxyl groups is 1. The average molecular weight is 305 g/mol. The summed E-state index contributed by atoms with van der Waals surface area (Å²) in [5, 5.41) is 22.5. The van der Waals surface area contributed by atoms with Crippen LogP contribution in [0.3, 0.4) is 0 Å². The molecule has 0 saturated heterocycles. The predicted octanol–water partition coefficient (Wildman–Crippen LogP) is 0.225. The number of carbonyl (C=O) groups is 3. The molecule has 22 heavy (non-hydrogen) atoms. The molecular weight excluding hydrogens is 292 g/mol. The minimum Gasteiger partial charge on any atom is -0.872 e. The van der Waals surface area contributed by atoms with Crippen molar-refractivity contribution in [3.63, 3.8) is 0 Å². The van der Waals surface area contributed by atoms with Crippen molar-refractivity contribution < 1.29 is 34.1 Å². The van der Waals surface area contributed by atoms with Gasteiger partial charge < -0.3 is 19.7 Å². The summed E-state index contributed by atoms with van der Waals surface area (Å²) in [6.07, 6.45) is -0.470. The molecule has 0 bridgehead atoms. The molecule has 0 saturated carbocycles. The highest BCUT2D eigenvalue weighted by molar-refractivity contribution is 6.53. The highest BCUT2D eigenvalue weighted by atomic mass is 16.5. The van der Waals surface area contributed by atoms with Crippen molar-refractivity contribution in [2.45, 2.75) is 13.3 Å². The Kier molecular flexibility index (Phi) is 3.90. The molecule has 0 aliphatic heterocycles. The normalized spacial score (nSPS) is 14.0. The Hall–Kier alpha value is -2.83. The molecule has 0 aromatic heterocycles. The molecule has 2 rings (SSSR count). The van der Waals surface area contributed by atoms with Crippen molar-refractivity contribution in [1.82, 2.24) is 0 Å². The van der Waals surface area contributed by atoms with Gasteiger partial charge in [-0.2, -0.15) is 0 Å². The topological polar surface area (TPSA) is 113 Å². The number of ketones is 3. The molecule has 1 aliphatic carbocycles. The quantitative estimate of drug-likeness (QED) is 0.792. The summed E-state index contributed by atoms with van der Waals surface area (Å²) in [6.45, 7) is 1.19. The first-order valence-corrected chi connectivity index (χ1v) is 6.30. The van der Waals surface area contributed by atoms with Gasteiger partial charge in [0.15, 0.2) is 11.5 Å². The van der Waals surface area contributed by atoms with Crippen LogP contribution in [0.2, 0.25) is 0 Å². The van der Waals surface area contributed by atoms with E-state index < -0.39 is 40.9 Å². The summed E-state index contributed by atoms with van der Waals surface area (Å²) in [7, 11) is 2.52. The van der Waals surface area contributed by atoms with Crippen molar-refractivity contribution in [2.75, 3.05) is 14.2 Å². The van der Waals surface area contributed by atoms with Crippen molar-refractivity contribution in [3.05, 3.63) is 22.8 Å². The fraction of sp³-hybridized carbons (Fsp3) is 0.267. The fourth-order valence-corrected chi connectivity index (χ4v) is 2.30. The number of phenols is 1. The minimum atomic E-state index is -1.06. The molecule has 0 fully saturated rings. The van der Waals surface area contributed by atoms with E-state index in [4.69, 9.17) is 9.47 Å². The first-order valence-electron chi connectivity index (χ1n) is 6.30. The van der Waals surface area contributed by atoms with Crippen LogP contribution in [0.25, 0.3) is 5.76 Å². The van der Waals surface area contributed by atoms with Gasteiger partial charge in [-0.15, -0.1) is 0 Å². The summed E-state index contributed by atoms with van der Waals surface area (Å²) < 4.78 is 9.93. The maximum Gasteiger partial charge on any atom is 0.237 e. The van der Waals surface area contributed by atoms with Crippen molar-refractivity contribution in [3.8, 4) is 17.2 Å². The summed E-state index contributed by atoms with van der Waals surface area (Å²) in [5.74, 6) is -4.07. The standard InChI is InChI=1S/C15H14O7/c1-6(16)4-7-12(17)11-10(15(20)13(7)18)8(21-2)5-9(22-3)14(11)19/h5,17,19H,4H2,1-3H3/p-1. The van der Waals surface area contributed by atoms with Gasteiger partial charge >= 0.3 is 0 Å². The molecule has 116 valence electrons. The number of rotatable bonds is 4. The lowest BCUT2D eigenvalue weighted by Gasteiger charge is -2.27. The minimum absolute atomic E-state index is 0.0572. The van der Waals surface area contributed by atoms with Crippen LogP contribution in [0, 0.1) is 0 Å². The lowest BCUT2D eigenvalue weighted by Crippen LogP contribution is -2.29. The molecule has 0 atom stereocenters. The van der Waals surface area contributed by atoms with Crippen molar-refractivity contribution in [2.24, 2.45) is 0 Å². The SMILES string of the molecule is COc1cc(OC)c2c(c1O)C([O-])=C(CC(C)=O)C(=O)C2=O. The second kappa shape index (κ2) is 5.51. The van der Waals surface area contributed by atoms with Crippen LogP contribution in [0.4, 0.5) is 0 Å². The molecule has 1 aromatic rings. The third-order valence-corrected chi connectivity index (χ3v) is 3.30. The van der Waals surface area contributed by atoms with Crippen LogP contribution in [-0.4, -0.2) is 36.7 Å². The number of methoxy groups -OCH3 is 2. The van der Waals surface area contributed by atoms with Gasteiger partial charge in [0, 0.05) is 23.6 Å². The molecule has 0 spiro atoms. The Morgan fingerprint density at radius 2 is 1.73 bits per heavy atom. The number of carbonyl (C=O) groups excluding carboxylic acids is 3. The molecule has 7 heteroatoms. The highest BCUT2D eigenvalue weighted by Gasteiger charge is 2.35. The van der Waals surface area contributed by atoms with E-state index in [1.54, 1.807) is 0 Å². The zero-order valence-electron chi connectivity index (χ0n) is 12.2. The number of fused-ring (bicyclic) bond motifs is 1. The Labute approximate surface area is 125 Å². The maximum atomic E-state index is 12.4. The van der Waals surface area contributed by atoms with Gasteiger partial charge in [0.05, 0.1) is 19.8 Å². The van der Waals surface area contributed by atoms with Crippen LogP contribution in [-0.2, 0) is 9.59 Å². The van der Waals surface area contributed by atoms with Gasteiger partial charge in [-0.25, -0.2) is 0 Å². The van der Waals surface area contributed by atoms with Crippen molar-refractivity contribution in [1.29, 1.82) is 0 Å². The van der Waals surface area contributed by atoms with E-state index in [9.17, 15) is 24.6 Å². The molecule has 7 nitrogen and oxygen atoms in total. The average Bonchev–Trinajstić information content (AvgIpc) is 2.48. The van der Waals surface area contributed by atoms with Crippen LogP contribution in [0.15, 0.2) is 11.6 Å². The zero-order chi connectivity index (χ0) is 16.6. The molecule has 0 amide bonds. The number of Topliss-reactive ketones (excluding diaryl/α,β-unsaturated/α-hetero) is 3. The fourth-order valence-electron chi connectivity index (χ4n) is 2.30. The maximum absolute atomic E-state index is 12.4. The highest BCUT2D eigenvalue weighted by Crippen LogP contribution is 2.44. The molecule has 1 aliphatic rings. The summed E-state index contributed by atoms with van der Waals surface area (Å²) >= 11 is 0. The molecule has 1 aromatic carbocycles. The van der Waals surface area contributed by atoms with Gasteiger partial charge in [-0.3, -0.25) is 14.4 Å². The Morgan fingerprint density at radius 1 is 1.14 bits per heavy atom. The lowest BCUT2D eigenvalue weighted by atomic mass is 9.85. The summed E-state index contributed by atoms with van der Waals surface area (Å²) in [4.78, 5) is 35.5. The lowest BCUT2D eigenvalue weighted by molar-refractivity contribution is -0.245. The third kappa shape index (κ3) is 2.20. The molecule has 0 heterocycles. The number of hydrogen-bond donors (Lipinski definition) is 1. The van der Waals surface area contributed by atoms with E-state index in [0.29, 0.717) is 0 Å². The first-order chi connectivity index (χ1) is 10.3. The van der Waals surface area contributed by atoms with Crippen LogP contribution in [0.5, 0.6) is 17.2 Å². The van der Waals surface area contributed by atoms with Crippen LogP contribution in [0.1, 0.15) is 29.3 Å². The van der Waals surface area contributed by atoms with E-state index >= 15 is 0 Å². The third-order valence-electron chi connectivity index (χ3n) is 3.30. The van der Waals surface area contributed by atoms with Crippen LogP contribution >= 0.6 is 0 Å². The molecule has 0 radical (unpaired) electrons. The van der Waals surface area contributed by atoms with E-state index in [-0.39, 0.29) is 22.6 Å². The largest absolute Gasteiger partial charge is 0.872 e. The number of hydrogen-bond acceptors (Lipinski definition) is 7. The summed E-state index contributed by atoms with van der Waals surface area (Å²) in [6, 6.07) is 1.21. The molecule has 0 unspecified atom stereocenters. The second-order valence-electron chi connectivity index (χ2n) is 4.72.